The van der Waals surface area contributed by atoms with Crippen LogP contribution in [-0.2, 0) is 17.9 Å². The summed E-state index contributed by atoms with van der Waals surface area (Å²) in [7, 11) is 0. The lowest BCUT2D eigenvalue weighted by atomic mass is 10.1. The van der Waals surface area contributed by atoms with Crippen molar-refractivity contribution in [1.29, 1.82) is 0 Å². The Morgan fingerprint density at radius 2 is 1.80 bits per heavy atom. The van der Waals surface area contributed by atoms with Crippen molar-refractivity contribution in [2.24, 2.45) is 0 Å². The highest BCUT2D eigenvalue weighted by atomic mass is 16.5. The van der Waals surface area contributed by atoms with Gasteiger partial charge in [0.2, 0.25) is 11.6 Å². The average molecular weight is 610 g/mol. The number of imidazole rings is 1. The van der Waals surface area contributed by atoms with Crippen LogP contribution in [0.25, 0.3) is 4.85 Å². The molecule has 234 valence electrons. The minimum atomic E-state index is -0.0830. The van der Waals surface area contributed by atoms with E-state index in [1.165, 1.54) is 0 Å². The minimum Gasteiger partial charge on any atom is -0.491 e. The summed E-state index contributed by atoms with van der Waals surface area (Å²) in [5, 5.41) is 9.05. The number of amides is 1. The van der Waals surface area contributed by atoms with Crippen molar-refractivity contribution in [1.82, 2.24) is 14.5 Å². The molecule has 1 saturated heterocycles. The van der Waals surface area contributed by atoms with Crippen LogP contribution in [0.1, 0.15) is 36.8 Å². The highest BCUT2D eigenvalue weighted by molar-refractivity contribution is 5.96. The van der Waals surface area contributed by atoms with Gasteiger partial charge in [-0.15, -0.1) is 0 Å². The molecule has 1 aliphatic rings. The van der Waals surface area contributed by atoms with Gasteiger partial charge in [0.15, 0.2) is 0 Å². The Hall–Kier alpha value is -4.85. The molecular formula is C35H39N5O5. The van der Waals surface area contributed by atoms with Crippen LogP contribution >= 0.6 is 0 Å². The number of benzene rings is 3. The first-order valence-electron chi connectivity index (χ1n) is 15.3. The lowest BCUT2D eigenvalue weighted by molar-refractivity contribution is -0.121. The van der Waals surface area contributed by atoms with Crippen LogP contribution in [0.4, 0.5) is 11.4 Å². The molecule has 1 amide bonds. The molecule has 0 spiro atoms. The van der Waals surface area contributed by atoms with Gasteiger partial charge < -0.3 is 28.8 Å². The van der Waals surface area contributed by atoms with Crippen molar-refractivity contribution in [2.75, 3.05) is 44.4 Å². The van der Waals surface area contributed by atoms with E-state index < -0.39 is 0 Å². The topological polar surface area (TPSA) is 93.7 Å². The second-order valence-electron chi connectivity index (χ2n) is 10.9. The summed E-state index contributed by atoms with van der Waals surface area (Å²) in [6.07, 6.45) is 3.89. The molecule has 1 fully saturated rings. The quantitative estimate of drug-likeness (QED) is 0.139. The molecule has 0 radical (unpaired) electrons. The lowest BCUT2D eigenvalue weighted by Gasteiger charge is -2.35. The van der Waals surface area contributed by atoms with Crippen LogP contribution in [-0.4, -0.2) is 64.9 Å². The number of unbranched alkanes of at least 4 members (excludes halogenated alkanes) is 1. The number of aromatic nitrogens is 2. The Bertz CT molecular complexity index is 1650. The van der Waals surface area contributed by atoms with Gasteiger partial charge in [-0.1, -0.05) is 43.7 Å². The van der Waals surface area contributed by atoms with Crippen molar-refractivity contribution in [2.45, 2.75) is 39.8 Å². The van der Waals surface area contributed by atoms with E-state index in [4.69, 9.17) is 25.9 Å². The second kappa shape index (κ2) is 15.2. The van der Waals surface area contributed by atoms with Gasteiger partial charge in [0.25, 0.3) is 0 Å². The van der Waals surface area contributed by atoms with E-state index >= 15 is 0 Å². The number of hydrogen-bond acceptors (Lipinski definition) is 7. The number of nitrogens with zero attached hydrogens (tertiary/aromatic N) is 5. The molecule has 10 nitrogen and oxygen atoms in total. The third-order valence-corrected chi connectivity index (χ3v) is 7.61. The minimum absolute atomic E-state index is 0.0398. The van der Waals surface area contributed by atoms with Gasteiger partial charge >= 0.3 is 0 Å². The molecule has 5 rings (SSSR count). The molecule has 0 aliphatic carbocycles. The van der Waals surface area contributed by atoms with Crippen LogP contribution in [0.5, 0.6) is 23.0 Å². The molecule has 10 heteroatoms. The van der Waals surface area contributed by atoms with Gasteiger partial charge in [0.05, 0.1) is 37.7 Å². The number of carbonyl (C=O) groups is 1. The lowest BCUT2D eigenvalue weighted by Crippen LogP contribution is -2.50. The Morgan fingerprint density at radius 1 is 0.956 bits per heavy atom. The third kappa shape index (κ3) is 8.01. The van der Waals surface area contributed by atoms with Gasteiger partial charge in [0.1, 0.15) is 35.4 Å². The van der Waals surface area contributed by atoms with Crippen LogP contribution in [0.3, 0.4) is 0 Å². The Labute approximate surface area is 264 Å². The molecular weight excluding hydrogens is 570 g/mol. The first-order chi connectivity index (χ1) is 22.0. The summed E-state index contributed by atoms with van der Waals surface area (Å²) in [4.78, 5) is 25.5. The number of ether oxygens (including phenoxy) is 3. The van der Waals surface area contributed by atoms with Crippen LogP contribution in [0.15, 0.2) is 72.9 Å². The van der Waals surface area contributed by atoms with Gasteiger partial charge in [-0.05, 0) is 49.2 Å². The molecule has 1 N–H and O–H groups in total. The van der Waals surface area contributed by atoms with E-state index in [9.17, 15) is 4.79 Å². The van der Waals surface area contributed by atoms with Crippen LogP contribution < -0.4 is 19.1 Å². The van der Waals surface area contributed by atoms with Gasteiger partial charge in [-0.25, -0.2) is 9.83 Å². The number of aliphatic hydroxyl groups excluding tert-OH is 1. The maximum atomic E-state index is 13.3. The number of piperazine rings is 1. The number of para-hydroxylation sites is 2. The van der Waals surface area contributed by atoms with Crippen molar-refractivity contribution in [3.8, 4) is 23.0 Å². The summed E-state index contributed by atoms with van der Waals surface area (Å²) in [6.45, 7) is 15.2. The van der Waals surface area contributed by atoms with Gasteiger partial charge in [-0.2, -0.15) is 0 Å². The predicted molar refractivity (Wildman–Crippen MR) is 172 cm³/mol. The molecule has 0 unspecified atom stereocenters. The predicted octanol–water partition coefficient (Wildman–Crippen LogP) is 5.98. The number of rotatable bonds is 14. The van der Waals surface area contributed by atoms with E-state index in [0.717, 1.165) is 47.9 Å². The summed E-state index contributed by atoms with van der Waals surface area (Å²) >= 11 is 0. The fourth-order valence-corrected chi connectivity index (χ4v) is 5.26. The number of carbonyl (C=O) groups excluding carboxylic acids is 1. The van der Waals surface area contributed by atoms with Gasteiger partial charge in [-0.3, -0.25) is 9.69 Å². The molecule has 3 aromatic carbocycles. The number of anilines is 1. The molecule has 45 heavy (non-hydrogen) atoms. The monoisotopic (exact) mass is 609 g/mol. The molecule has 1 aromatic heterocycles. The van der Waals surface area contributed by atoms with E-state index in [1.807, 2.05) is 54.4 Å². The van der Waals surface area contributed by atoms with Crippen molar-refractivity contribution in [3.05, 3.63) is 101 Å². The summed E-state index contributed by atoms with van der Waals surface area (Å²) < 4.78 is 19.7. The summed E-state index contributed by atoms with van der Waals surface area (Å²) in [6, 6.07) is 20.4. The Balaban J connectivity index is 1.26. The molecule has 0 saturated carbocycles. The molecule has 0 atom stereocenters. The fourth-order valence-electron chi connectivity index (χ4n) is 5.26. The van der Waals surface area contributed by atoms with Crippen molar-refractivity contribution in [3.63, 3.8) is 0 Å². The standard InChI is InChI=1S/C35H39N5O5/c1-4-5-18-44-33-12-7-6-11-32(33)39-16-15-38(25-35(39)42)24-28-22-37-26(2)40(28)23-27-13-14-31(36-3)34(20-27)45-30-10-8-9-29(21-30)43-19-17-41/h6-14,20-22,41H,4-5,15-19,23-25H2,1-2H3. The van der Waals surface area contributed by atoms with Gasteiger partial charge in [0, 0.05) is 38.4 Å². The highest BCUT2D eigenvalue weighted by Gasteiger charge is 2.28. The SMILES string of the molecule is [C-]#[N+]c1ccc(Cn2c(CN3CCN(c4ccccc4OCCCC)C(=O)C3)cnc2C)cc1Oc1cccc(OCCO)c1. The van der Waals surface area contributed by atoms with Crippen molar-refractivity contribution >= 4 is 17.3 Å². The molecule has 1 aliphatic heterocycles. The Morgan fingerprint density at radius 3 is 2.60 bits per heavy atom. The molecule has 2 heterocycles. The van der Waals surface area contributed by atoms with Crippen LogP contribution in [0, 0.1) is 13.5 Å². The maximum Gasteiger partial charge on any atom is 0.241 e. The van der Waals surface area contributed by atoms with E-state index in [2.05, 4.69) is 26.2 Å². The maximum absolute atomic E-state index is 13.3. The highest BCUT2D eigenvalue weighted by Crippen LogP contribution is 2.35. The van der Waals surface area contributed by atoms with E-state index in [-0.39, 0.29) is 19.1 Å². The van der Waals surface area contributed by atoms with E-state index in [0.29, 0.717) is 55.7 Å². The number of hydrogen-bond donors (Lipinski definition) is 1. The smallest absolute Gasteiger partial charge is 0.241 e. The average Bonchev–Trinajstić information content (AvgIpc) is 3.38. The Kier molecular flexibility index (Phi) is 10.7. The first kappa shape index (κ1) is 31.6. The van der Waals surface area contributed by atoms with Crippen molar-refractivity contribution < 1.29 is 24.1 Å². The normalized spacial score (nSPS) is 13.5. The molecule has 4 aromatic rings. The zero-order valence-corrected chi connectivity index (χ0v) is 25.8. The molecule has 0 bridgehead atoms. The number of aliphatic hydroxyl groups is 1. The van der Waals surface area contributed by atoms with Crippen LogP contribution in [0.2, 0.25) is 0 Å². The summed E-state index contributed by atoms with van der Waals surface area (Å²) in [5.41, 5.74) is 3.18. The largest absolute Gasteiger partial charge is 0.491 e. The first-order valence-corrected chi connectivity index (χ1v) is 15.3. The fraction of sp³-hybridized carbons (Fsp3) is 0.343. The third-order valence-electron chi connectivity index (χ3n) is 7.61. The second-order valence-corrected chi connectivity index (χ2v) is 10.9. The zero-order valence-electron chi connectivity index (χ0n) is 25.8. The zero-order chi connectivity index (χ0) is 31.6. The number of aryl methyl sites for hydroxylation is 1. The summed E-state index contributed by atoms with van der Waals surface area (Å²) in [5.74, 6) is 3.20. The van der Waals surface area contributed by atoms with E-state index in [1.54, 1.807) is 30.3 Å².